The predicted molar refractivity (Wildman–Crippen MR) is 117 cm³/mol. The number of hydrogen-bond donors (Lipinski definition) is 1. The molecular weight excluding hydrogens is 372 g/mol. The van der Waals surface area contributed by atoms with Crippen LogP contribution in [0.4, 0.5) is 10.5 Å². The Labute approximate surface area is 175 Å². The van der Waals surface area contributed by atoms with Gasteiger partial charge in [0.05, 0.1) is 0 Å². The van der Waals surface area contributed by atoms with Gasteiger partial charge in [0.25, 0.3) is 0 Å². The van der Waals surface area contributed by atoms with Crippen LogP contribution in [0.25, 0.3) is 0 Å². The van der Waals surface area contributed by atoms with Gasteiger partial charge in [-0.05, 0) is 77.5 Å². The van der Waals surface area contributed by atoms with E-state index >= 15 is 0 Å². The van der Waals surface area contributed by atoms with Crippen molar-refractivity contribution in [2.45, 2.75) is 63.6 Å². The number of likely N-dealkylation sites (N-methyl/N-ethyl adjacent to an activating group) is 2. The molecule has 1 saturated heterocycles. The van der Waals surface area contributed by atoms with Crippen molar-refractivity contribution in [1.82, 2.24) is 14.7 Å². The van der Waals surface area contributed by atoms with E-state index in [2.05, 4.69) is 29.2 Å². The molecule has 0 unspecified atom stereocenters. The second kappa shape index (κ2) is 9.47. The van der Waals surface area contributed by atoms with Crippen molar-refractivity contribution in [2.24, 2.45) is 0 Å². The van der Waals surface area contributed by atoms with E-state index in [0.29, 0.717) is 17.1 Å². The first-order chi connectivity index (χ1) is 13.4. The number of halogens is 1. The van der Waals surface area contributed by atoms with E-state index < -0.39 is 0 Å². The third kappa shape index (κ3) is 5.00. The molecule has 0 aromatic heterocycles. The molecule has 156 valence electrons. The second-order valence-electron chi connectivity index (χ2n) is 8.62. The Kier molecular flexibility index (Phi) is 7.24. The van der Waals surface area contributed by atoms with Gasteiger partial charge < -0.3 is 15.1 Å². The van der Waals surface area contributed by atoms with E-state index in [-0.39, 0.29) is 12.1 Å². The van der Waals surface area contributed by atoms with Gasteiger partial charge in [-0.1, -0.05) is 30.5 Å². The molecule has 0 radical (unpaired) electrons. The van der Waals surface area contributed by atoms with Crippen molar-refractivity contribution in [3.63, 3.8) is 0 Å². The van der Waals surface area contributed by atoms with Gasteiger partial charge in [-0.25, -0.2) is 4.79 Å². The fourth-order valence-electron chi connectivity index (χ4n) is 4.77. The number of amides is 2. The number of rotatable bonds is 4. The van der Waals surface area contributed by atoms with Gasteiger partial charge in [-0.3, -0.25) is 4.90 Å². The number of nitrogens with zero attached hydrogens (tertiary/aromatic N) is 3. The molecule has 5 nitrogen and oxygen atoms in total. The quantitative estimate of drug-likeness (QED) is 0.802. The van der Waals surface area contributed by atoms with Gasteiger partial charge in [0.1, 0.15) is 0 Å². The summed E-state index contributed by atoms with van der Waals surface area (Å²) >= 11 is 6.11. The minimum atomic E-state index is -0.0426. The molecule has 1 heterocycles. The van der Waals surface area contributed by atoms with Crippen LogP contribution >= 0.6 is 11.6 Å². The summed E-state index contributed by atoms with van der Waals surface area (Å²) in [6.45, 7) is 4.32. The molecule has 0 bridgehead atoms. The topological polar surface area (TPSA) is 38.8 Å². The maximum Gasteiger partial charge on any atom is 0.321 e. The molecule has 6 heteroatoms. The SMILES string of the molecule is Cc1ccc(Cl)cc1NC(=O)N(C)[C@H]1CCCC[C@@H]1N(C)C1CCN(C)CC1. The number of carbonyl (C=O) groups is 1. The molecule has 2 fully saturated rings. The number of nitrogens with one attached hydrogen (secondary N) is 1. The van der Waals surface area contributed by atoms with Gasteiger partial charge in [0.15, 0.2) is 0 Å². The van der Waals surface area contributed by atoms with Crippen LogP contribution in [-0.4, -0.2) is 73.1 Å². The number of anilines is 1. The van der Waals surface area contributed by atoms with Gasteiger partial charge in [-0.2, -0.15) is 0 Å². The standard InChI is InChI=1S/C22H35ClN4O/c1-16-9-10-17(23)15-19(16)24-22(28)27(4)21-8-6-5-7-20(21)26(3)18-11-13-25(2)14-12-18/h9-10,15,18,20-21H,5-8,11-14H2,1-4H3,(H,24,28)/t20-,21-/m0/s1. The molecule has 2 atom stereocenters. The Morgan fingerprint density at radius 3 is 2.43 bits per heavy atom. The zero-order valence-corrected chi connectivity index (χ0v) is 18.5. The zero-order chi connectivity index (χ0) is 20.3. The lowest BCUT2D eigenvalue weighted by molar-refractivity contribution is 0.0443. The molecule has 1 N–H and O–H groups in total. The molecule has 1 aliphatic carbocycles. The molecule has 2 amide bonds. The van der Waals surface area contributed by atoms with E-state index in [0.717, 1.165) is 30.8 Å². The normalized spacial score (nSPS) is 24.4. The lowest BCUT2D eigenvalue weighted by atomic mass is 9.87. The van der Waals surface area contributed by atoms with Crippen LogP contribution in [0.5, 0.6) is 0 Å². The van der Waals surface area contributed by atoms with E-state index in [1.165, 1.54) is 32.1 Å². The maximum absolute atomic E-state index is 13.0. The molecule has 1 saturated carbocycles. The highest BCUT2D eigenvalue weighted by atomic mass is 35.5. The molecule has 0 spiro atoms. The monoisotopic (exact) mass is 406 g/mol. The molecule has 28 heavy (non-hydrogen) atoms. The van der Waals surface area contributed by atoms with Crippen LogP contribution in [0.1, 0.15) is 44.1 Å². The summed E-state index contributed by atoms with van der Waals surface area (Å²) in [5, 5.41) is 3.71. The van der Waals surface area contributed by atoms with Crippen LogP contribution in [0.2, 0.25) is 5.02 Å². The fraction of sp³-hybridized carbons (Fsp3) is 0.682. The molecule has 1 aliphatic heterocycles. The highest BCUT2D eigenvalue weighted by Gasteiger charge is 2.36. The Balaban J connectivity index is 1.68. The Bertz CT molecular complexity index is 675. The lowest BCUT2D eigenvalue weighted by Gasteiger charge is -2.46. The number of carbonyl (C=O) groups excluding carboxylic acids is 1. The van der Waals surface area contributed by atoms with Gasteiger partial charge in [0.2, 0.25) is 0 Å². The molecule has 1 aromatic rings. The largest absolute Gasteiger partial charge is 0.323 e. The number of piperidine rings is 1. The first kappa shape index (κ1) is 21.4. The lowest BCUT2D eigenvalue weighted by Crippen LogP contribution is -2.57. The molecule has 2 aliphatic rings. The summed E-state index contributed by atoms with van der Waals surface area (Å²) in [5.41, 5.74) is 1.81. The summed E-state index contributed by atoms with van der Waals surface area (Å²) < 4.78 is 0. The van der Waals surface area contributed by atoms with Crippen molar-refractivity contribution < 1.29 is 4.79 Å². The molecule has 1 aromatic carbocycles. The third-order valence-electron chi connectivity index (χ3n) is 6.74. The number of likely N-dealkylation sites (tertiary alicyclic amines) is 1. The highest BCUT2D eigenvalue weighted by molar-refractivity contribution is 6.31. The number of hydrogen-bond acceptors (Lipinski definition) is 3. The number of aryl methyl sites for hydroxylation is 1. The smallest absolute Gasteiger partial charge is 0.321 e. The Hall–Kier alpha value is -1.30. The summed E-state index contributed by atoms with van der Waals surface area (Å²) in [7, 11) is 6.42. The molecule has 3 rings (SSSR count). The van der Waals surface area contributed by atoms with Crippen molar-refractivity contribution >= 4 is 23.3 Å². The van der Waals surface area contributed by atoms with Gasteiger partial charge in [-0.15, -0.1) is 0 Å². The summed E-state index contributed by atoms with van der Waals surface area (Å²) in [6.07, 6.45) is 7.11. The van der Waals surface area contributed by atoms with E-state index in [1.54, 1.807) is 0 Å². The van der Waals surface area contributed by atoms with E-state index in [4.69, 9.17) is 11.6 Å². The first-order valence-electron chi connectivity index (χ1n) is 10.6. The summed E-state index contributed by atoms with van der Waals surface area (Å²) in [5.74, 6) is 0. The van der Waals surface area contributed by atoms with Gasteiger partial charge in [0, 0.05) is 35.9 Å². The maximum atomic E-state index is 13.0. The Morgan fingerprint density at radius 1 is 1.11 bits per heavy atom. The van der Waals surface area contributed by atoms with Crippen LogP contribution in [0.3, 0.4) is 0 Å². The van der Waals surface area contributed by atoms with Crippen molar-refractivity contribution in [3.05, 3.63) is 28.8 Å². The zero-order valence-electron chi connectivity index (χ0n) is 17.7. The van der Waals surface area contributed by atoms with Crippen molar-refractivity contribution in [1.29, 1.82) is 0 Å². The number of benzene rings is 1. The summed E-state index contributed by atoms with van der Waals surface area (Å²) in [4.78, 5) is 19.9. The summed E-state index contributed by atoms with van der Waals surface area (Å²) in [6, 6.07) is 6.87. The average Bonchev–Trinajstić information content (AvgIpc) is 2.70. The van der Waals surface area contributed by atoms with Crippen LogP contribution < -0.4 is 5.32 Å². The number of urea groups is 1. The minimum absolute atomic E-state index is 0.0426. The van der Waals surface area contributed by atoms with Crippen molar-refractivity contribution in [2.75, 3.05) is 39.5 Å². The first-order valence-corrected chi connectivity index (χ1v) is 10.9. The van der Waals surface area contributed by atoms with Crippen LogP contribution in [-0.2, 0) is 0 Å². The van der Waals surface area contributed by atoms with Crippen LogP contribution in [0.15, 0.2) is 18.2 Å². The van der Waals surface area contributed by atoms with E-state index in [1.807, 2.05) is 37.1 Å². The van der Waals surface area contributed by atoms with Crippen molar-refractivity contribution in [3.8, 4) is 0 Å². The fourth-order valence-corrected chi connectivity index (χ4v) is 4.95. The van der Waals surface area contributed by atoms with Crippen LogP contribution in [0, 0.1) is 6.92 Å². The second-order valence-corrected chi connectivity index (χ2v) is 9.06. The highest BCUT2D eigenvalue weighted by Crippen LogP contribution is 2.30. The van der Waals surface area contributed by atoms with E-state index in [9.17, 15) is 4.79 Å². The minimum Gasteiger partial charge on any atom is -0.323 e. The predicted octanol–water partition coefficient (Wildman–Crippen LogP) is 4.45. The average molecular weight is 407 g/mol. The van der Waals surface area contributed by atoms with Gasteiger partial charge >= 0.3 is 6.03 Å². The molecular formula is C22H35ClN4O. The Morgan fingerprint density at radius 2 is 1.75 bits per heavy atom. The third-order valence-corrected chi connectivity index (χ3v) is 6.98.